The van der Waals surface area contributed by atoms with E-state index in [0.717, 1.165) is 12.1 Å². The molecule has 2 N–H and O–H groups in total. The summed E-state index contributed by atoms with van der Waals surface area (Å²) in [5.41, 5.74) is 0.250. The first-order chi connectivity index (χ1) is 7.41. The maximum atomic E-state index is 12.9. The Morgan fingerprint density at radius 2 is 1.94 bits per heavy atom. The fraction of sp³-hybridized carbons (Fsp3) is 0.364. The first-order valence-corrected chi connectivity index (χ1v) is 4.86. The van der Waals surface area contributed by atoms with Crippen molar-refractivity contribution in [3.05, 3.63) is 29.8 Å². The predicted molar refractivity (Wildman–Crippen MR) is 56.2 cm³/mol. The van der Waals surface area contributed by atoms with Gasteiger partial charge in [-0.25, -0.2) is 13.6 Å². The number of aliphatic carboxylic acids is 1. The molecular weight excluding hydrogens is 216 g/mol. The van der Waals surface area contributed by atoms with Crippen LogP contribution in [0.2, 0.25) is 0 Å². The van der Waals surface area contributed by atoms with E-state index in [9.17, 15) is 13.6 Å². The minimum Gasteiger partial charge on any atom is -0.480 e. The number of hydrogen-bond donors (Lipinski definition) is 2. The number of rotatable bonds is 4. The third-order valence-corrected chi connectivity index (χ3v) is 2.17. The van der Waals surface area contributed by atoms with Crippen LogP contribution in [-0.4, -0.2) is 17.1 Å². The molecule has 5 heteroatoms. The maximum absolute atomic E-state index is 12.9. The van der Waals surface area contributed by atoms with Crippen molar-refractivity contribution in [1.29, 1.82) is 0 Å². The van der Waals surface area contributed by atoms with Crippen LogP contribution in [0.5, 0.6) is 0 Å². The number of carboxylic acid groups (broad SMARTS) is 1. The molecule has 1 unspecified atom stereocenters. The monoisotopic (exact) mass is 229 g/mol. The van der Waals surface area contributed by atoms with E-state index >= 15 is 0 Å². The van der Waals surface area contributed by atoms with Crippen molar-refractivity contribution in [3.8, 4) is 0 Å². The topological polar surface area (TPSA) is 49.3 Å². The molecule has 3 nitrogen and oxygen atoms in total. The number of carboxylic acids is 1. The molecule has 0 amide bonds. The summed E-state index contributed by atoms with van der Waals surface area (Å²) in [6.07, 6.45) is 0. The van der Waals surface area contributed by atoms with Crippen LogP contribution in [0.15, 0.2) is 18.2 Å². The first kappa shape index (κ1) is 12.4. The summed E-state index contributed by atoms with van der Waals surface area (Å²) in [6.45, 7) is 3.46. The molecule has 0 aromatic heterocycles. The van der Waals surface area contributed by atoms with E-state index in [1.807, 2.05) is 0 Å². The lowest BCUT2D eigenvalue weighted by Gasteiger charge is -2.19. The van der Waals surface area contributed by atoms with E-state index in [4.69, 9.17) is 5.11 Å². The molecule has 1 aromatic rings. The molecule has 88 valence electrons. The summed E-state index contributed by atoms with van der Waals surface area (Å²) in [5.74, 6) is -3.15. The second-order valence-electron chi connectivity index (χ2n) is 3.83. The van der Waals surface area contributed by atoms with Gasteiger partial charge >= 0.3 is 5.97 Å². The zero-order chi connectivity index (χ0) is 12.3. The van der Waals surface area contributed by atoms with Gasteiger partial charge in [0.1, 0.15) is 6.04 Å². The van der Waals surface area contributed by atoms with Crippen LogP contribution in [0.25, 0.3) is 0 Å². The minimum atomic E-state index is -1.03. The van der Waals surface area contributed by atoms with Crippen LogP contribution in [0.1, 0.15) is 13.8 Å². The molecular formula is C11H13F2NO2. The van der Waals surface area contributed by atoms with Crippen molar-refractivity contribution in [2.75, 3.05) is 5.32 Å². The van der Waals surface area contributed by atoms with E-state index < -0.39 is 23.6 Å². The Morgan fingerprint density at radius 3 is 2.38 bits per heavy atom. The average molecular weight is 229 g/mol. The van der Waals surface area contributed by atoms with Gasteiger partial charge in [0.2, 0.25) is 0 Å². The molecule has 1 rings (SSSR count). The van der Waals surface area contributed by atoms with E-state index in [2.05, 4.69) is 5.32 Å². The van der Waals surface area contributed by atoms with Crippen molar-refractivity contribution in [2.45, 2.75) is 19.9 Å². The summed E-state index contributed by atoms with van der Waals surface area (Å²) >= 11 is 0. The van der Waals surface area contributed by atoms with Crippen molar-refractivity contribution in [3.63, 3.8) is 0 Å². The van der Waals surface area contributed by atoms with Crippen LogP contribution in [0, 0.1) is 17.6 Å². The lowest BCUT2D eigenvalue weighted by atomic mass is 10.0. The van der Waals surface area contributed by atoms with Crippen molar-refractivity contribution >= 4 is 11.7 Å². The summed E-state index contributed by atoms with van der Waals surface area (Å²) in [5, 5.41) is 11.5. The molecule has 0 bridgehead atoms. The fourth-order valence-corrected chi connectivity index (χ4v) is 1.28. The molecule has 0 spiro atoms. The van der Waals surface area contributed by atoms with Crippen LogP contribution in [0.3, 0.4) is 0 Å². The van der Waals surface area contributed by atoms with Gasteiger partial charge < -0.3 is 10.4 Å². The second-order valence-corrected chi connectivity index (χ2v) is 3.83. The van der Waals surface area contributed by atoms with Gasteiger partial charge in [0.15, 0.2) is 11.6 Å². The van der Waals surface area contributed by atoms with Crippen LogP contribution in [0.4, 0.5) is 14.5 Å². The highest BCUT2D eigenvalue weighted by molar-refractivity contribution is 5.77. The zero-order valence-electron chi connectivity index (χ0n) is 9.00. The van der Waals surface area contributed by atoms with Crippen molar-refractivity contribution in [2.24, 2.45) is 5.92 Å². The number of benzene rings is 1. The Hall–Kier alpha value is -1.65. The summed E-state index contributed by atoms with van der Waals surface area (Å²) in [4.78, 5) is 10.9. The molecule has 0 aliphatic carbocycles. The highest BCUT2D eigenvalue weighted by Gasteiger charge is 2.21. The normalized spacial score (nSPS) is 12.6. The van der Waals surface area contributed by atoms with Crippen molar-refractivity contribution in [1.82, 2.24) is 0 Å². The van der Waals surface area contributed by atoms with Gasteiger partial charge in [-0.1, -0.05) is 13.8 Å². The molecule has 1 aromatic carbocycles. The first-order valence-electron chi connectivity index (χ1n) is 4.86. The number of hydrogen-bond acceptors (Lipinski definition) is 2. The third-order valence-electron chi connectivity index (χ3n) is 2.17. The molecule has 0 saturated carbocycles. The van der Waals surface area contributed by atoms with Crippen LogP contribution < -0.4 is 5.32 Å². The SMILES string of the molecule is CC(C)C(Nc1ccc(F)c(F)c1)C(=O)O. The van der Waals surface area contributed by atoms with Crippen LogP contribution >= 0.6 is 0 Å². The summed E-state index contributed by atoms with van der Waals surface area (Å²) < 4.78 is 25.5. The number of anilines is 1. The van der Waals surface area contributed by atoms with Gasteiger partial charge in [0, 0.05) is 11.8 Å². The second kappa shape index (κ2) is 4.92. The van der Waals surface area contributed by atoms with Gasteiger partial charge in [-0.05, 0) is 18.1 Å². The molecule has 0 radical (unpaired) electrons. The molecule has 0 saturated heterocycles. The molecule has 16 heavy (non-hydrogen) atoms. The average Bonchev–Trinajstić information content (AvgIpc) is 2.18. The molecule has 1 atom stereocenters. The highest BCUT2D eigenvalue weighted by Crippen LogP contribution is 2.16. The van der Waals surface area contributed by atoms with E-state index in [1.54, 1.807) is 13.8 Å². The lowest BCUT2D eigenvalue weighted by Crippen LogP contribution is -2.34. The van der Waals surface area contributed by atoms with Gasteiger partial charge in [0.05, 0.1) is 0 Å². The Balaban J connectivity index is 2.86. The standard InChI is InChI=1S/C11H13F2NO2/c1-6(2)10(11(15)16)14-7-3-4-8(12)9(13)5-7/h3-6,10,14H,1-2H3,(H,15,16). The molecule has 0 fully saturated rings. The Bertz CT molecular complexity index is 394. The Labute approximate surface area is 92.1 Å². The van der Waals surface area contributed by atoms with Gasteiger partial charge in [-0.15, -0.1) is 0 Å². The number of nitrogens with one attached hydrogen (secondary N) is 1. The minimum absolute atomic E-state index is 0.161. The van der Waals surface area contributed by atoms with Gasteiger partial charge in [-0.2, -0.15) is 0 Å². The van der Waals surface area contributed by atoms with Gasteiger partial charge in [0.25, 0.3) is 0 Å². The lowest BCUT2D eigenvalue weighted by molar-refractivity contribution is -0.138. The predicted octanol–water partition coefficient (Wildman–Crippen LogP) is 2.49. The van der Waals surface area contributed by atoms with E-state index in [0.29, 0.717) is 0 Å². The molecule has 0 heterocycles. The fourth-order valence-electron chi connectivity index (χ4n) is 1.28. The quantitative estimate of drug-likeness (QED) is 0.833. The third kappa shape index (κ3) is 2.92. The molecule has 0 aliphatic rings. The highest BCUT2D eigenvalue weighted by atomic mass is 19.2. The maximum Gasteiger partial charge on any atom is 0.326 e. The largest absolute Gasteiger partial charge is 0.480 e. The van der Waals surface area contributed by atoms with Gasteiger partial charge in [-0.3, -0.25) is 0 Å². The number of carbonyl (C=O) groups is 1. The summed E-state index contributed by atoms with van der Waals surface area (Å²) in [7, 11) is 0. The molecule has 0 aliphatic heterocycles. The van der Waals surface area contributed by atoms with E-state index in [1.165, 1.54) is 6.07 Å². The Kier molecular flexibility index (Phi) is 3.82. The smallest absolute Gasteiger partial charge is 0.326 e. The number of halogens is 2. The summed E-state index contributed by atoms with van der Waals surface area (Å²) in [6, 6.07) is 2.37. The Morgan fingerprint density at radius 1 is 1.31 bits per heavy atom. The van der Waals surface area contributed by atoms with Crippen LogP contribution in [-0.2, 0) is 4.79 Å². The zero-order valence-corrected chi connectivity index (χ0v) is 9.00. The van der Waals surface area contributed by atoms with Crippen molar-refractivity contribution < 1.29 is 18.7 Å². The van der Waals surface area contributed by atoms with E-state index in [-0.39, 0.29) is 11.6 Å².